The van der Waals surface area contributed by atoms with Gasteiger partial charge in [0.2, 0.25) is 0 Å². The standard InChI is InChI=1S/C15H13FN2/c1-18-10-13-5-6-14(16)8-15(13)12-4-2-3-11(7-12)9-17/h2-8,18H,10H2,1H3. The number of rotatable bonds is 3. The van der Waals surface area contributed by atoms with Crippen molar-refractivity contribution >= 4 is 0 Å². The van der Waals surface area contributed by atoms with Crippen LogP contribution in [0.4, 0.5) is 4.39 Å². The first kappa shape index (κ1) is 12.3. The predicted molar refractivity (Wildman–Crippen MR) is 69.3 cm³/mol. The highest BCUT2D eigenvalue weighted by Crippen LogP contribution is 2.25. The van der Waals surface area contributed by atoms with Gasteiger partial charge in [-0.05, 0) is 48.0 Å². The molecule has 0 saturated carbocycles. The molecule has 0 atom stereocenters. The quantitative estimate of drug-likeness (QED) is 0.894. The summed E-state index contributed by atoms with van der Waals surface area (Å²) < 4.78 is 13.4. The monoisotopic (exact) mass is 240 g/mol. The van der Waals surface area contributed by atoms with Gasteiger partial charge in [0.15, 0.2) is 0 Å². The Morgan fingerprint density at radius 2 is 2.06 bits per heavy atom. The lowest BCUT2D eigenvalue weighted by molar-refractivity contribution is 0.627. The minimum atomic E-state index is -0.271. The Morgan fingerprint density at radius 1 is 1.22 bits per heavy atom. The predicted octanol–water partition coefficient (Wildman–Crippen LogP) is 3.08. The summed E-state index contributed by atoms with van der Waals surface area (Å²) in [5.74, 6) is -0.271. The maximum absolute atomic E-state index is 13.4. The normalized spacial score (nSPS) is 10.1. The van der Waals surface area contributed by atoms with Crippen LogP contribution in [0.3, 0.4) is 0 Å². The molecule has 90 valence electrons. The van der Waals surface area contributed by atoms with Gasteiger partial charge in [-0.25, -0.2) is 4.39 Å². The summed E-state index contributed by atoms with van der Waals surface area (Å²) in [6, 6.07) is 14.0. The van der Waals surface area contributed by atoms with Crippen LogP contribution in [-0.2, 0) is 6.54 Å². The van der Waals surface area contributed by atoms with E-state index in [0.717, 1.165) is 16.7 Å². The molecule has 0 aliphatic carbocycles. The molecule has 2 aromatic rings. The molecule has 2 nitrogen and oxygen atoms in total. The number of nitrogens with one attached hydrogen (secondary N) is 1. The molecule has 18 heavy (non-hydrogen) atoms. The van der Waals surface area contributed by atoms with Crippen LogP contribution in [0.5, 0.6) is 0 Å². The summed E-state index contributed by atoms with van der Waals surface area (Å²) in [5.41, 5.74) is 3.27. The van der Waals surface area contributed by atoms with Crippen LogP contribution in [0.1, 0.15) is 11.1 Å². The van der Waals surface area contributed by atoms with Crippen LogP contribution in [0.2, 0.25) is 0 Å². The third-order valence-electron chi connectivity index (χ3n) is 2.74. The van der Waals surface area contributed by atoms with Gasteiger partial charge < -0.3 is 5.32 Å². The van der Waals surface area contributed by atoms with Crippen molar-refractivity contribution in [3.05, 3.63) is 59.4 Å². The molecule has 0 fully saturated rings. The fraction of sp³-hybridized carbons (Fsp3) is 0.133. The van der Waals surface area contributed by atoms with E-state index in [1.54, 1.807) is 18.2 Å². The van der Waals surface area contributed by atoms with E-state index >= 15 is 0 Å². The number of nitriles is 1. The highest BCUT2D eigenvalue weighted by molar-refractivity contribution is 5.68. The molecule has 2 rings (SSSR count). The molecule has 0 aliphatic heterocycles. The van der Waals surface area contributed by atoms with Crippen molar-refractivity contribution in [2.45, 2.75) is 6.54 Å². The molecular formula is C15H13FN2. The second-order valence-corrected chi connectivity index (χ2v) is 4.02. The Hall–Kier alpha value is -2.18. The van der Waals surface area contributed by atoms with Crippen LogP contribution < -0.4 is 5.32 Å². The van der Waals surface area contributed by atoms with Gasteiger partial charge in [-0.2, -0.15) is 5.26 Å². The first-order chi connectivity index (χ1) is 8.74. The Kier molecular flexibility index (Phi) is 3.71. The van der Waals surface area contributed by atoms with Crippen LogP contribution in [-0.4, -0.2) is 7.05 Å². The van der Waals surface area contributed by atoms with Crippen molar-refractivity contribution in [3.8, 4) is 17.2 Å². The van der Waals surface area contributed by atoms with Gasteiger partial charge in [0.05, 0.1) is 11.6 Å². The third-order valence-corrected chi connectivity index (χ3v) is 2.74. The fourth-order valence-electron chi connectivity index (χ4n) is 1.92. The Labute approximate surface area is 106 Å². The van der Waals surface area contributed by atoms with Gasteiger partial charge >= 0.3 is 0 Å². The Bertz CT molecular complexity index is 600. The Morgan fingerprint density at radius 3 is 2.78 bits per heavy atom. The van der Waals surface area contributed by atoms with Gasteiger partial charge in [-0.15, -0.1) is 0 Å². The second kappa shape index (κ2) is 5.44. The van der Waals surface area contributed by atoms with Gasteiger partial charge in [0.25, 0.3) is 0 Å². The number of hydrogen-bond donors (Lipinski definition) is 1. The fourth-order valence-corrected chi connectivity index (χ4v) is 1.92. The SMILES string of the molecule is CNCc1ccc(F)cc1-c1cccc(C#N)c1. The van der Waals surface area contributed by atoms with Crippen molar-refractivity contribution in [1.29, 1.82) is 5.26 Å². The highest BCUT2D eigenvalue weighted by Gasteiger charge is 2.07. The van der Waals surface area contributed by atoms with Crippen LogP contribution >= 0.6 is 0 Å². The molecule has 0 amide bonds. The van der Waals surface area contributed by atoms with Crippen molar-refractivity contribution in [2.75, 3.05) is 7.05 Å². The number of nitrogens with zero attached hydrogens (tertiary/aromatic N) is 1. The van der Waals surface area contributed by atoms with Crippen LogP contribution in [0.25, 0.3) is 11.1 Å². The van der Waals surface area contributed by atoms with Crippen molar-refractivity contribution < 1.29 is 4.39 Å². The maximum Gasteiger partial charge on any atom is 0.123 e. The molecule has 0 aliphatic rings. The lowest BCUT2D eigenvalue weighted by Gasteiger charge is -2.10. The van der Waals surface area contributed by atoms with Crippen LogP contribution in [0, 0.1) is 17.1 Å². The zero-order valence-electron chi connectivity index (χ0n) is 10.1. The zero-order chi connectivity index (χ0) is 13.0. The summed E-state index contributed by atoms with van der Waals surface area (Å²) in [7, 11) is 1.85. The van der Waals surface area contributed by atoms with E-state index in [2.05, 4.69) is 11.4 Å². The maximum atomic E-state index is 13.4. The molecule has 0 heterocycles. The largest absolute Gasteiger partial charge is 0.316 e. The van der Waals surface area contributed by atoms with Gasteiger partial charge in [0.1, 0.15) is 5.82 Å². The second-order valence-electron chi connectivity index (χ2n) is 4.02. The summed E-state index contributed by atoms with van der Waals surface area (Å²) in [6.07, 6.45) is 0. The molecule has 3 heteroatoms. The van der Waals surface area contributed by atoms with Crippen molar-refractivity contribution in [1.82, 2.24) is 5.32 Å². The molecular weight excluding hydrogens is 227 g/mol. The van der Waals surface area contributed by atoms with E-state index in [1.165, 1.54) is 12.1 Å². The van der Waals surface area contributed by atoms with Crippen molar-refractivity contribution in [3.63, 3.8) is 0 Å². The molecule has 0 spiro atoms. The zero-order valence-corrected chi connectivity index (χ0v) is 10.1. The van der Waals surface area contributed by atoms with Crippen molar-refractivity contribution in [2.24, 2.45) is 0 Å². The van der Waals surface area contributed by atoms with E-state index in [9.17, 15) is 4.39 Å². The Balaban J connectivity index is 2.54. The minimum absolute atomic E-state index is 0.271. The molecule has 0 bridgehead atoms. The number of halogens is 1. The average molecular weight is 240 g/mol. The molecule has 0 unspecified atom stereocenters. The van der Waals surface area contributed by atoms with E-state index in [0.29, 0.717) is 12.1 Å². The molecule has 2 aromatic carbocycles. The third kappa shape index (κ3) is 2.55. The van der Waals surface area contributed by atoms with E-state index < -0.39 is 0 Å². The lowest BCUT2D eigenvalue weighted by atomic mass is 9.98. The average Bonchev–Trinajstić information content (AvgIpc) is 2.41. The summed E-state index contributed by atoms with van der Waals surface area (Å²) >= 11 is 0. The lowest BCUT2D eigenvalue weighted by Crippen LogP contribution is -2.06. The summed E-state index contributed by atoms with van der Waals surface area (Å²) in [6.45, 7) is 0.659. The topological polar surface area (TPSA) is 35.8 Å². The molecule has 0 radical (unpaired) electrons. The van der Waals surface area contributed by atoms with Crippen LogP contribution in [0.15, 0.2) is 42.5 Å². The summed E-state index contributed by atoms with van der Waals surface area (Å²) in [4.78, 5) is 0. The molecule has 1 N–H and O–H groups in total. The number of benzene rings is 2. The van der Waals surface area contributed by atoms with Gasteiger partial charge in [-0.3, -0.25) is 0 Å². The van der Waals surface area contributed by atoms with E-state index in [4.69, 9.17) is 5.26 Å². The minimum Gasteiger partial charge on any atom is -0.316 e. The van der Waals surface area contributed by atoms with E-state index in [1.807, 2.05) is 19.2 Å². The van der Waals surface area contributed by atoms with E-state index in [-0.39, 0.29) is 5.82 Å². The molecule has 0 saturated heterocycles. The molecule has 0 aromatic heterocycles. The smallest absolute Gasteiger partial charge is 0.123 e. The van der Waals surface area contributed by atoms with Gasteiger partial charge in [-0.1, -0.05) is 18.2 Å². The number of hydrogen-bond acceptors (Lipinski definition) is 2. The first-order valence-corrected chi connectivity index (χ1v) is 5.68. The first-order valence-electron chi connectivity index (χ1n) is 5.68. The van der Waals surface area contributed by atoms with Gasteiger partial charge in [0, 0.05) is 6.54 Å². The summed E-state index contributed by atoms with van der Waals surface area (Å²) in [5, 5.41) is 12.0. The highest BCUT2D eigenvalue weighted by atomic mass is 19.1.